The Hall–Kier alpha value is -1.18. The third-order valence-corrected chi connectivity index (χ3v) is 4.96. The van der Waals surface area contributed by atoms with Gasteiger partial charge in [0.15, 0.2) is 5.82 Å². The second-order valence-electron chi connectivity index (χ2n) is 6.67. The summed E-state index contributed by atoms with van der Waals surface area (Å²) in [6, 6.07) is 0. The van der Waals surface area contributed by atoms with Crippen LogP contribution >= 0.6 is 12.4 Å². The predicted octanol–water partition coefficient (Wildman–Crippen LogP) is 1.56. The average molecular weight is 358 g/mol. The molecule has 0 radical (unpaired) electrons. The van der Waals surface area contributed by atoms with Gasteiger partial charge in [0, 0.05) is 32.6 Å². The van der Waals surface area contributed by atoms with E-state index in [1.165, 1.54) is 32.1 Å². The zero-order valence-corrected chi connectivity index (χ0v) is 15.0. The fourth-order valence-corrected chi connectivity index (χ4v) is 3.56. The number of carbonyl (C=O) groups is 1. The van der Waals surface area contributed by atoms with E-state index < -0.39 is 0 Å². The van der Waals surface area contributed by atoms with Gasteiger partial charge in [0.2, 0.25) is 11.8 Å². The Morgan fingerprint density at radius 3 is 2.50 bits per heavy atom. The normalized spacial score (nSPS) is 20.0. The van der Waals surface area contributed by atoms with Crippen LogP contribution in [0.3, 0.4) is 0 Å². The van der Waals surface area contributed by atoms with Crippen molar-refractivity contribution in [2.75, 3.05) is 26.2 Å². The summed E-state index contributed by atoms with van der Waals surface area (Å²) in [5.41, 5.74) is 5.47. The van der Waals surface area contributed by atoms with Crippen molar-refractivity contribution in [2.45, 2.75) is 51.6 Å². The van der Waals surface area contributed by atoms with Crippen LogP contribution in [0.2, 0.25) is 0 Å². The van der Waals surface area contributed by atoms with E-state index in [0.717, 1.165) is 32.6 Å². The zero-order chi connectivity index (χ0) is 16.1. The summed E-state index contributed by atoms with van der Waals surface area (Å²) in [4.78, 5) is 20.9. The first-order valence-corrected chi connectivity index (χ1v) is 8.76. The molecule has 0 spiro atoms. The highest BCUT2D eigenvalue weighted by Crippen LogP contribution is 2.27. The molecule has 1 saturated carbocycles. The van der Waals surface area contributed by atoms with E-state index in [2.05, 4.69) is 15.0 Å². The van der Waals surface area contributed by atoms with Gasteiger partial charge in [0.1, 0.15) is 0 Å². The Labute approximate surface area is 149 Å². The minimum Gasteiger partial charge on any atom is -0.340 e. The number of rotatable bonds is 5. The lowest BCUT2D eigenvalue weighted by molar-refractivity contribution is -0.134. The minimum atomic E-state index is 0. The van der Waals surface area contributed by atoms with Crippen LogP contribution in [0.25, 0.3) is 0 Å². The van der Waals surface area contributed by atoms with Crippen LogP contribution in [-0.4, -0.2) is 52.0 Å². The van der Waals surface area contributed by atoms with Gasteiger partial charge in [-0.15, -0.1) is 12.4 Å². The van der Waals surface area contributed by atoms with Gasteiger partial charge in [-0.25, -0.2) is 0 Å². The monoisotopic (exact) mass is 357 g/mol. The van der Waals surface area contributed by atoms with E-state index in [1.54, 1.807) is 0 Å². The first kappa shape index (κ1) is 19.1. The molecular weight excluding hydrogens is 330 g/mol. The average Bonchev–Trinajstić information content (AvgIpc) is 3.04. The smallest absolute Gasteiger partial charge is 0.240 e. The highest BCUT2D eigenvalue weighted by Gasteiger charge is 2.25. The van der Waals surface area contributed by atoms with E-state index in [4.69, 9.17) is 10.3 Å². The van der Waals surface area contributed by atoms with Crippen molar-refractivity contribution in [2.24, 2.45) is 11.7 Å². The van der Waals surface area contributed by atoms with Crippen molar-refractivity contribution in [1.82, 2.24) is 19.9 Å². The van der Waals surface area contributed by atoms with Crippen LogP contribution in [0.5, 0.6) is 0 Å². The number of piperazine rings is 1. The van der Waals surface area contributed by atoms with Crippen molar-refractivity contribution < 1.29 is 9.32 Å². The van der Waals surface area contributed by atoms with Gasteiger partial charge in [-0.3, -0.25) is 9.69 Å². The van der Waals surface area contributed by atoms with Gasteiger partial charge < -0.3 is 15.2 Å². The van der Waals surface area contributed by atoms with Gasteiger partial charge in [-0.05, 0) is 18.8 Å². The molecule has 1 aliphatic carbocycles. The Morgan fingerprint density at radius 1 is 1.17 bits per heavy atom. The summed E-state index contributed by atoms with van der Waals surface area (Å²) in [7, 11) is 0. The van der Waals surface area contributed by atoms with E-state index in [0.29, 0.717) is 30.1 Å². The third kappa shape index (κ3) is 5.16. The van der Waals surface area contributed by atoms with Crippen LogP contribution in [-0.2, 0) is 17.9 Å². The molecule has 1 saturated heterocycles. The number of halogens is 1. The Kier molecular flexibility index (Phi) is 7.45. The summed E-state index contributed by atoms with van der Waals surface area (Å²) in [5, 5.41) is 3.92. The van der Waals surface area contributed by atoms with Crippen LogP contribution in [0.1, 0.15) is 50.2 Å². The number of hydrogen-bond donors (Lipinski definition) is 1. The molecule has 1 aromatic rings. The van der Waals surface area contributed by atoms with Gasteiger partial charge in [0.25, 0.3) is 0 Å². The lowest BCUT2D eigenvalue weighted by Gasteiger charge is -2.35. The summed E-state index contributed by atoms with van der Waals surface area (Å²) in [6.07, 6.45) is 7.12. The number of nitrogens with two attached hydrogens (primary N) is 1. The molecule has 136 valence electrons. The fraction of sp³-hybridized carbons (Fsp3) is 0.812. The minimum absolute atomic E-state index is 0. The lowest BCUT2D eigenvalue weighted by atomic mass is 9.86. The Balaban J connectivity index is 0.00000208. The van der Waals surface area contributed by atoms with Gasteiger partial charge in [0.05, 0.1) is 13.1 Å². The highest BCUT2D eigenvalue weighted by atomic mass is 35.5. The summed E-state index contributed by atoms with van der Waals surface area (Å²) < 4.78 is 5.02. The van der Waals surface area contributed by atoms with E-state index in [-0.39, 0.29) is 19.0 Å². The van der Waals surface area contributed by atoms with Crippen LogP contribution in [0.15, 0.2) is 4.52 Å². The highest BCUT2D eigenvalue weighted by molar-refractivity contribution is 5.85. The SMILES string of the molecule is Cl.NCc1nc(CN2CCN(C(=O)CC3CCCCC3)CC2)no1. The van der Waals surface area contributed by atoms with Gasteiger partial charge in [-0.2, -0.15) is 4.98 Å². The molecule has 8 heteroatoms. The largest absolute Gasteiger partial charge is 0.340 e. The van der Waals surface area contributed by atoms with Crippen LogP contribution in [0.4, 0.5) is 0 Å². The quantitative estimate of drug-likeness (QED) is 0.860. The molecular formula is C16H28ClN5O2. The van der Waals surface area contributed by atoms with Gasteiger partial charge >= 0.3 is 0 Å². The van der Waals surface area contributed by atoms with Crippen molar-refractivity contribution in [3.05, 3.63) is 11.7 Å². The first-order chi connectivity index (χ1) is 11.2. The topological polar surface area (TPSA) is 88.5 Å². The molecule has 3 rings (SSSR count). The molecule has 2 aliphatic rings. The lowest BCUT2D eigenvalue weighted by Crippen LogP contribution is -2.48. The number of amides is 1. The van der Waals surface area contributed by atoms with Crippen molar-refractivity contribution in [3.8, 4) is 0 Å². The predicted molar refractivity (Wildman–Crippen MR) is 92.5 cm³/mol. The number of aromatic nitrogens is 2. The first-order valence-electron chi connectivity index (χ1n) is 8.76. The summed E-state index contributed by atoms with van der Waals surface area (Å²) in [6.45, 7) is 4.26. The van der Waals surface area contributed by atoms with Crippen LogP contribution in [0, 0.1) is 5.92 Å². The second kappa shape index (κ2) is 9.34. The van der Waals surface area contributed by atoms with E-state index >= 15 is 0 Å². The third-order valence-electron chi connectivity index (χ3n) is 4.96. The Bertz CT molecular complexity index is 510. The molecule has 1 aliphatic heterocycles. The van der Waals surface area contributed by atoms with Crippen LogP contribution < -0.4 is 5.73 Å². The number of hydrogen-bond acceptors (Lipinski definition) is 6. The molecule has 24 heavy (non-hydrogen) atoms. The molecule has 1 aromatic heterocycles. The molecule has 2 N–H and O–H groups in total. The standard InChI is InChI=1S/C16H27N5O2.ClH/c17-11-15-18-14(19-23-15)12-20-6-8-21(9-7-20)16(22)10-13-4-2-1-3-5-13;/h13H,1-12,17H2;1H. The molecule has 0 aromatic carbocycles. The van der Waals surface area contributed by atoms with Crippen molar-refractivity contribution >= 4 is 18.3 Å². The number of nitrogens with zero attached hydrogens (tertiary/aromatic N) is 4. The molecule has 0 bridgehead atoms. The molecule has 1 amide bonds. The maximum atomic E-state index is 12.4. The maximum Gasteiger partial charge on any atom is 0.240 e. The molecule has 7 nitrogen and oxygen atoms in total. The maximum absolute atomic E-state index is 12.4. The zero-order valence-electron chi connectivity index (χ0n) is 14.2. The summed E-state index contributed by atoms with van der Waals surface area (Å²) >= 11 is 0. The molecule has 0 unspecified atom stereocenters. The van der Waals surface area contributed by atoms with E-state index in [1.807, 2.05) is 4.90 Å². The fourth-order valence-electron chi connectivity index (χ4n) is 3.56. The molecule has 0 atom stereocenters. The van der Waals surface area contributed by atoms with Crippen molar-refractivity contribution in [3.63, 3.8) is 0 Å². The Morgan fingerprint density at radius 2 is 1.88 bits per heavy atom. The molecule has 2 heterocycles. The van der Waals surface area contributed by atoms with Crippen molar-refractivity contribution in [1.29, 1.82) is 0 Å². The van der Waals surface area contributed by atoms with Gasteiger partial charge in [-0.1, -0.05) is 24.4 Å². The second-order valence-corrected chi connectivity index (χ2v) is 6.67. The number of carbonyl (C=O) groups excluding carboxylic acids is 1. The summed E-state index contributed by atoms with van der Waals surface area (Å²) in [5.74, 6) is 2.10. The molecule has 2 fully saturated rings. The van der Waals surface area contributed by atoms with E-state index in [9.17, 15) is 4.79 Å².